The lowest BCUT2D eigenvalue weighted by Gasteiger charge is -2.19. The summed E-state index contributed by atoms with van der Waals surface area (Å²) in [7, 11) is 0. The van der Waals surface area contributed by atoms with Crippen LogP contribution in [0.4, 0.5) is 5.82 Å². The molecule has 0 aliphatic carbocycles. The average molecular weight is 715 g/mol. The summed E-state index contributed by atoms with van der Waals surface area (Å²) >= 11 is -3.44. The van der Waals surface area contributed by atoms with Crippen LogP contribution in [0.3, 0.4) is 0 Å². The van der Waals surface area contributed by atoms with Crippen molar-refractivity contribution in [1.29, 1.82) is 0 Å². The highest BCUT2D eigenvalue weighted by Gasteiger charge is 2.24. The summed E-state index contributed by atoms with van der Waals surface area (Å²) in [5.74, 6) is -1.66. The zero-order valence-electron chi connectivity index (χ0n) is 28.2. The summed E-state index contributed by atoms with van der Waals surface area (Å²) < 4.78 is 34.7. The highest BCUT2D eigenvalue weighted by Crippen LogP contribution is 2.26. The van der Waals surface area contributed by atoms with Crippen LogP contribution in [-0.2, 0) is 41.9 Å². The van der Waals surface area contributed by atoms with Crippen LogP contribution in [0.5, 0.6) is 0 Å². The van der Waals surface area contributed by atoms with Gasteiger partial charge in [-0.05, 0) is 87.1 Å². The first-order valence-electron chi connectivity index (χ1n) is 15.5. The number of hydrogen-bond acceptors (Lipinski definition) is 9. The third-order valence-electron chi connectivity index (χ3n) is 7.65. The van der Waals surface area contributed by atoms with Crippen molar-refractivity contribution in [2.24, 2.45) is 0 Å². The Labute approximate surface area is 296 Å². The maximum Gasteiger partial charge on any atom is 0.335 e. The van der Waals surface area contributed by atoms with E-state index in [9.17, 15) is 23.1 Å². The largest absolute Gasteiger partial charge is 0.478 e. The van der Waals surface area contributed by atoms with Crippen LogP contribution in [0.2, 0.25) is 0 Å². The standard InChI is InChI=1S/C25H25NO5S.C12H13N3O2S/c1-16-8-6-11-20(14-16)22(15-19-10-7-12-21(18(19)3)25(28)29)24(27)26-31-32(30)23-13-5-4-9-17(23)2;1-9-5-3-4-6-11(9)18(16)17-15-12-7-10(2)13-8-14-12/h4-14,22H,15H2,1-3H3,(H,26,27)(H,28,29);3-8H,1-2H3,(H,13,14,15). The Bertz CT molecular complexity index is 2020. The molecule has 13 heteroatoms. The number of carbonyl (C=O) groups excluding carboxylic acids is 1. The Morgan fingerprint density at radius 3 is 1.98 bits per heavy atom. The van der Waals surface area contributed by atoms with Crippen LogP contribution in [-0.4, -0.2) is 35.4 Å². The van der Waals surface area contributed by atoms with E-state index in [0.717, 1.165) is 33.5 Å². The van der Waals surface area contributed by atoms with E-state index in [4.69, 9.17) is 8.57 Å². The van der Waals surface area contributed by atoms with E-state index in [1.807, 2.05) is 88.4 Å². The fourth-order valence-corrected chi connectivity index (χ4v) is 6.46. The number of aromatic nitrogens is 2. The van der Waals surface area contributed by atoms with Gasteiger partial charge in [-0.25, -0.2) is 34.1 Å². The fraction of sp³-hybridized carbons (Fsp3) is 0.189. The Morgan fingerprint density at radius 1 is 0.760 bits per heavy atom. The number of benzene rings is 4. The first-order valence-corrected chi connectivity index (χ1v) is 17.6. The number of carboxylic acid groups (broad SMARTS) is 1. The van der Waals surface area contributed by atoms with Crippen LogP contribution in [0.25, 0.3) is 0 Å². The molecule has 1 aromatic heterocycles. The van der Waals surface area contributed by atoms with Gasteiger partial charge in [0.2, 0.25) is 22.2 Å². The minimum atomic E-state index is -1.86. The van der Waals surface area contributed by atoms with E-state index >= 15 is 0 Å². The molecule has 3 N–H and O–H groups in total. The van der Waals surface area contributed by atoms with Gasteiger partial charge in [-0.3, -0.25) is 4.79 Å². The number of nitrogens with zero attached hydrogens (tertiary/aromatic N) is 2. The number of nitrogens with one attached hydrogen (secondary N) is 2. The number of anilines is 1. The Kier molecular flexibility index (Phi) is 13.6. The third kappa shape index (κ3) is 10.5. The number of hydrogen-bond donors (Lipinski definition) is 3. The van der Waals surface area contributed by atoms with Gasteiger partial charge in [0.05, 0.1) is 21.3 Å². The molecule has 0 saturated heterocycles. The summed E-state index contributed by atoms with van der Waals surface area (Å²) in [5.41, 5.74) is 10.7. The van der Waals surface area contributed by atoms with Gasteiger partial charge in [0.15, 0.2) is 5.82 Å². The first-order chi connectivity index (χ1) is 23.9. The second kappa shape index (κ2) is 18.1. The molecule has 4 aromatic carbocycles. The summed E-state index contributed by atoms with van der Waals surface area (Å²) in [6, 6.07) is 28.7. The zero-order valence-corrected chi connectivity index (χ0v) is 29.8. The van der Waals surface area contributed by atoms with Crippen molar-refractivity contribution in [2.45, 2.75) is 56.7 Å². The normalized spacial score (nSPS) is 12.5. The van der Waals surface area contributed by atoms with Crippen LogP contribution in [0.15, 0.2) is 113 Å². The van der Waals surface area contributed by atoms with Crippen LogP contribution in [0, 0.1) is 34.6 Å². The molecular formula is C37H38N4O7S2. The summed E-state index contributed by atoms with van der Waals surface area (Å²) in [5, 5.41) is 9.43. The van der Waals surface area contributed by atoms with E-state index < -0.39 is 40.0 Å². The van der Waals surface area contributed by atoms with Gasteiger partial charge in [0.1, 0.15) is 6.33 Å². The molecule has 260 valence electrons. The fourth-order valence-electron chi connectivity index (χ4n) is 4.92. The Morgan fingerprint density at radius 2 is 1.38 bits per heavy atom. The summed E-state index contributed by atoms with van der Waals surface area (Å²) in [6.45, 7) is 9.19. The van der Waals surface area contributed by atoms with Crippen molar-refractivity contribution in [3.8, 4) is 0 Å². The van der Waals surface area contributed by atoms with Gasteiger partial charge in [-0.1, -0.05) is 78.4 Å². The van der Waals surface area contributed by atoms with E-state index in [1.54, 1.807) is 37.3 Å². The van der Waals surface area contributed by atoms with Crippen molar-refractivity contribution in [1.82, 2.24) is 15.4 Å². The number of hydroxylamine groups is 1. The molecule has 3 atom stereocenters. The van der Waals surface area contributed by atoms with E-state index in [1.165, 1.54) is 12.4 Å². The van der Waals surface area contributed by atoms with Crippen molar-refractivity contribution in [3.05, 3.63) is 148 Å². The van der Waals surface area contributed by atoms with Gasteiger partial charge in [-0.15, -0.1) is 0 Å². The van der Waals surface area contributed by atoms with Crippen molar-refractivity contribution in [3.63, 3.8) is 0 Å². The lowest BCUT2D eigenvalue weighted by atomic mass is 9.88. The van der Waals surface area contributed by atoms with Crippen LogP contribution >= 0.6 is 0 Å². The van der Waals surface area contributed by atoms with E-state index in [2.05, 4.69) is 20.9 Å². The molecule has 0 radical (unpaired) electrons. The number of aryl methyl sites for hydroxylation is 4. The maximum absolute atomic E-state index is 13.1. The molecule has 50 heavy (non-hydrogen) atoms. The molecule has 1 heterocycles. The molecule has 0 aliphatic heterocycles. The van der Waals surface area contributed by atoms with Crippen molar-refractivity contribution < 1.29 is 31.7 Å². The number of amides is 1. The van der Waals surface area contributed by atoms with Gasteiger partial charge < -0.3 is 5.11 Å². The van der Waals surface area contributed by atoms with Gasteiger partial charge in [0.25, 0.3) is 5.91 Å². The molecule has 3 unspecified atom stereocenters. The smallest absolute Gasteiger partial charge is 0.335 e. The van der Waals surface area contributed by atoms with E-state index in [0.29, 0.717) is 21.2 Å². The minimum Gasteiger partial charge on any atom is -0.478 e. The molecule has 0 fully saturated rings. The molecule has 11 nitrogen and oxygen atoms in total. The molecule has 0 saturated carbocycles. The number of carbonyl (C=O) groups is 2. The third-order valence-corrected chi connectivity index (χ3v) is 9.76. The molecule has 5 rings (SSSR count). The van der Waals surface area contributed by atoms with Gasteiger partial charge >= 0.3 is 5.97 Å². The molecule has 0 spiro atoms. The lowest BCUT2D eigenvalue weighted by molar-refractivity contribution is -0.128. The van der Waals surface area contributed by atoms with Crippen LogP contribution in [0.1, 0.15) is 55.4 Å². The lowest BCUT2D eigenvalue weighted by Crippen LogP contribution is -2.31. The molecule has 1 amide bonds. The highest BCUT2D eigenvalue weighted by atomic mass is 32.2. The van der Waals surface area contributed by atoms with Gasteiger partial charge in [0, 0.05) is 11.8 Å². The number of aromatic carboxylic acids is 1. The van der Waals surface area contributed by atoms with Crippen molar-refractivity contribution >= 4 is 39.9 Å². The summed E-state index contributed by atoms with van der Waals surface area (Å²) in [4.78, 5) is 33.7. The zero-order chi connectivity index (χ0) is 36.2. The second-order valence-electron chi connectivity index (χ2n) is 11.3. The summed E-state index contributed by atoms with van der Waals surface area (Å²) in [6.07, 6.45) is 1.68. The van der Waals surface area contributed by atoms with Crippen molar-refractivity contribution in [2.75, 3.05) is 5.48 Å². The number of rotatable bonds is 12. The second-order valence-corrected chi connectivity index (χ2v) is 13.5. The number of carboxylic acids is 1. The Balaban J connectivity index is 0.000000263. The quantitative estimate of drug-likeness (QED) is 0.121. The monoisotopic (exact) mass is 714 g/mol. The maximum atomic E-state index is 13.1. The van der Waals surface area contributed by atoms with Gasteiger partial charge in [-0.2, -0.15) is 8.57 Å². The average Bonchev–Trinajstić information content (AvgIpc) is 3.09. The molecular weight excluding hydrogens is 677 g/mol. The minimum absolute atomic E-state index is 0.197. The van der Waals surface area contributed by atoms with E-state index in [-0.39, 0.29) is 12.0 Å². The topological polar surface area (TPSA) is 157 Å². The predicted molar refractivity (Wildman–Crippen MR) is 192 cm³/mol. The SMILES string of the molecule is Cc1cc(NOS(=O)c2ccccc2C)ncn1.Cc1cccc(C(Cc2cccc(C(=O)O)c2C)C(=O)NOS(=O)c2ccccc2C)c1. The predicted octanol–water partition coefficient (Wildman–Crippen LogP) is 6.57. The Hall–Kier alpha value is -5.08. The van der Waals surface area contributed by atoms with Crippen LogP contribution < -0.4 is 11.0 Å². The molecule has 0 aliphatic rings. The molecule has 5 aromatic rings. The highest BCUT2D eigenvalue weighted by molar-refractivity contribution is 7.80. The first kappa shape index (κ1) is 37.7. The molecule has 0 bridgehead atoms.